The number of carbonyl (C=O) groups is 2. The van der Waals surface area contributed by atoms with E-state index in [0.717, 1.165) is 19.6 Å². The smallest absolute Gasteiger partial charge is 0.416 e. The second-order valence-corrected chi connectivity index (χ2v) is 8.38. The minimum atomic E-state index is -0.454. The number of nitrogens with zero attached hydrogens (tertiary/aromatic N) is 2. The van der Waals surface area contributed by atoms with Gasteiger partial charge in [-0.2, -0.15) is 0 Å². The molecule has 2 aliphatic heterocycles. The molecule has 4 rings (SSSR count). The molecule has 1 aromatic carbocycles. The van der Waals surface area contributed by atoms with Gasteiger partial charge in [-0.25, -0.2) is 9.69 Å². The van der Waals surface area contributed by atoms with Gasteiger partial charge in [0.15, 0.2) is 0 Å². The van der Waals surface area contributed by atoms with Gasteiger partial charge in [0.1, 0.15) is 6.61 Å². The van der Waals surface area contributed by atoms with Gasteiger partial charge in [-0.15, -0.1) is 0 Å². The summed E-state index contributed by atoms with van der Waals surface area (Å²) in [4.78, 5) is 29.3. The molecule has 0 radical (unpaired) electrons. The summed E-state index contributed by atoms with van der Waals surface area (Å²) < 4.78 is 5.21. The molecule has 2 saturated heterocycles. The van der Waals surface area contributed by atoms with Crippen LogP contribution in [0.1, 0.15) is 32.3 Å². The van der Waals surface area contributed by atoms with Crippen LogP contribution in [0.25, 0.3) is 0 Å². The van der Waals surface area contributed by atoms with E-state index in [2.05, 4.69) is 29.2 Å². The van der Waals surface area contributed by atoms with Gasteiger partial charge in [0.2, 0.25) is 5.91 Å². The predicted molar refractivity (Wildman–Crippen MR) is 98.2 cm³/mol. The summed E-state index contributed by atoms with van der Waals surface area (Å²) in [5.74, 6) is 1.12. The highest BCUT2D eigenvalue weighted by molar-refractivity contribution is 5.95. The lowest BCUT2D eigenvalue weighted by atomic mass is 9.89. The van der Waals surface area contributed by atoms with Crippen molar-refractivity contribution in [1.82, 2.24) is 9.80 Å². The molecular weight excluding hydrogens is 328 g/mol. The minimum Gasteiger partial charge on any atom is -0.447 e. The van der Waals surface area contributed by atoms with E-state index in [4.69, 9.17) is 4.74 Å². The third-order valence-electron chi connectivity index (χ3n) is 6.15. The highest BCUT2D eigenvalue weighted by atomic mass is 16.6. The van der Waals surface area contributed by atoms with Crippen molar-refractivity contribution in [1.29, 1.82) is 0 Å². The number of rotatable bonds is 5. The van der Waals surface area contributed by atoms with Crippen LogP contribution in [-0.4, -0.2) is 47.5 Å². The SMILES string of the molecule is CC(C)C1COC(=O)N1C(=O)[C@@H]1CN(Cc2ccccc2)C[C@H]1C1CC1. The van der Waals surface area contributed by atoms with Crippen molar-refractivity contribution in [3.63, 3.8) is 0 Å². The Kier molecular flexibility index (Phi) is 4.74. The molecule has 5 heteroatoms. The average Bonchev–Trinajstić information content (AvgIpc) is 3.27. The molecule has 0 bridgehead atoms. The fourth-order valence-corrected chi connectivity index (χ4v) is 4.51. The molecule has 1 aromatic rings. The van der Waals surface area contributed by atoms with Gasteiger partial charge >= 0.3 is 6.09 Å². The normalized spacial score (nSPS) is 29.4. The number of ether oxygens (including phenoxy) is 1. The molecule has 2 amide bonds. The van der Waals surface area contributed by atoms with Gasteiger partial charge < -0.3 is 4.74 Å². The zero-order chi connectivity index (χ0) is 18.3. The van der Waals surface area contributed by atoms with Crippen LogP contribution in [0.15, 0.2) is 30.3 Å². The summed E-state index contributed by atoms with van der Waals surface area (Å²) in [6, 6.07) is 10.3. The molecule has 3 fully saturated rings. The van der Waals surface area contributed by atoms with E-state index in [1.165, 1.54) is 23.3 Å². The summed E-state index contributed by atoms with van der Waals surface area (Å²) in [7, 11) is 0. The van der Waals surface area contributed by atoms with Crippen LogP contribution in [0.5, 0.6) is 0 Å². The highest BCUT2D eigenvalue weighted by Gasteiger charge is 2.50. The maximum atomic E-state index is 13.3. The van der Waals surface area contributed by atoms with Crippen molar-refractivity contribution in [3.8, 4) is 0 Å². The first-order valence-corrected chi connectivity index (χ1v) is 9.80. The van der Waals surface area contributed by atoms with E-state index in [0.29, 0.717) is 18.4 Å². The third kappa shape index (κ3) is 3.37. The Bertz CT molecular complexity index is 671. The first-order valence-electron chi connectivity index (χ1n) is 9.80. The third-order valence-corrected chi connectivity index (χ3v) is 6.15. The molecule has 5 nitrogen and oxygen atoms in total. The summed E-state index contributed by atoms with van der Waals surface area (Å²) in [5, 5.41) is 0. The molecule has 140 valence electrons. The predicted octanol–water partition coefficient (Wildman–Crippen LogP) is 3.15. The second kappa shape index (κ2) is 7.03. The molecule has 1 saturated carbocycles. The Labute approximate surface area is 155 Å². The topological polar surface area (TPSA) is 49.9 Å². The van der Waals surface area contributed by atoms with Crippen LogP contribution >= 0.6 is 0 Å². The summed E-state index contributed by atoms with van der Waals surface area (Å²) in [5.41, 5.74) is 1.27. The molecule has 1 unspecified atom stereocenters. The highest BCUT2D eigenvalue weighted by Crippen LogP contribution is 2.45. The monoisotopic (exact) mass is 356 g/mol. The lowest BCUT2D eigenvalue weighted by molar-refractivity contribution is -0.135. The van der Waals surface area contributed by atoms with E-state index in [1.807, 2.05) is 19.9 Å². The van der Waals surface area contributed by atoms with Crippen molar-refractivity contribution < 1.29 is 14.3 Å². The van der Waals surface area contributed by atoms with Crippen LogP contribution in [0, 0.1) is 23.7 Å². The van der Waals surface area contributed by atoms with Crippen molar-refractivity contribution >= 4 is 12.0 Å². The maximum absolute atomic E-state index is 13.3. The quantitative estimate of drug-likeness (QED) is 0.813. The van der Waals surface area contributed by atoms with Gasteiger partial charge in [-0.3, -0.25) is 9.69 Å². The van der Waals surface area contributed by atoms with Crippen molar-refractivity contribution in [2.75, 3.05) is 19.7 Å². The Morgan fingerprint density at radius 3 is 2.58 bits per heavy atom. The Morgan fingerprint density at radius 2 is 1.92 bits per heavy atom. The van der Waals surface area contributed by atoms with Crippen molar-refractivity contribution in [2.24, 2.45) is 23.7 Å². The first kappa shape index (κ1) is 17.5. The number of hydrogen-bond acceptors (Lipinski definition) is 4. The van der Waals surface area contributed by atoms with Crippen molar-refractivity contribution in [3.05, 3.63) is 35.9 Å². The molecular formula is C21H28N2O3. The number of hydrogen-bond donors (Lipinski definition) is 0. The van der Waals surface area contributed by atoms with Gasteiger partial charge in [-0.1, -0.05) is 44.2 Å². The molecule has 2 heterocycles. The summed E-state index contributed by atoms with van der Waals surface area (Å²) in [6.07, 6.45) is 1.97. The number of carbonyl (C=O) groups excluding carboxylic acids is 2. The van der Waals surface area contributed by atoms with E-state index >= 15 is 0 Å². The standard InChI is InChI=1S/C21H28N2O3/c1-14(2)19-13-26-21(25)23(19)20(24)18-12-22(11-17(18)16-8-9-16)10-15-6-4-3-5-7-15/h3-7,14,16-19H,8-13H2,1-2H3/t17-,18+,19?/m0/s1. The van der Waals surface area contributed by atoms with E-state index in [1.54, 1.807) is 0 Å². The van der Waals surface area contributed by atoms with Gasteiger partial charge in [0.25, 0.3) is 0 Å². The minimum absolute atomic E-state index is 0.0151. The van der Waals surface area contributed by atoms with Gasteiger partial charge in [0, 0.05) is 19.6 Å². The molecule has 3 atom stereocenters. The Morgan fingerprint density at radius 1 is 1.19 bits per heavy atom. The second-order valence-electron chi connectivity index (χ2n) is 8.38. The largest absolute Gasteiger partial charge is 0.447 e. The summed E-state index contributed by atoms with van der Waals surface area (Å²) in [6.45, 7) is 6.97. The fraction of sp³-hybridized carbons (Fsp3) is 0.619. The van der Waals surface area contributed by atoms with Crippen molar-refractivity contribution in [2.45, 2.75) is 39.3 Å². The van der Waals surface area contributed by atoms with Crippen LogP contribution in [0.2, 0.25) is 0 Å². The molecule has 0 N–H and O–H groups in total. The first-order chi connectivity index (χ1) is 12.5. The number of imide groups is 1. The molecule has 0 aromatic heterocycles. The number of benzene rings is 1. The van der Waals surface area contributed by atoms with Crippen LogP contribution in [0.4, 0.5) is 4.79 Å². The molecule has 0 spiro atoms. The number of cyclic esters (lactones) is 1. The lowest BCUT2D eigenvalue weighted by Gasteiger charge is -2.27. The van der Waals surface area contributed by atoms with Crippen LogP contribution in [-0.2, 0) is 16.1 Å². The Hall–Kier alpha value is -1.88. The van der Waals surface area contributed by atoms with Crippen LogP contribution in [0.3, 0.4) is 0 Å². The van der Waals surface area contributed by atoms with Crippen LogP contribution < -0.4 is 0 Å². The van der Waals surface area contributed by atoms with E-state index in [9.17, 15) is 9.59 Å². The summed E-state index contributed by atoms with van der Waals surface area (Å²) >= 11 is 0. The number of amides is 2. The molecule has 3 aliphatic rings. The zero-order valence-electron chi connectivity index (χ0n) is 15.6. The molecule has 1 aliphatic carbocycles. The zero-order valence-corrected chi connectivity index (χ0v) is 15.6. The van der Waals surface area contributed by atoms with Gasteiger partial charge in [-0.05, 0) is 36.2 Å². The van der Waals surface area contributed by atoms with E-state index in [-0.39, 0.29) is 23.8 Å². The fourth-order valence-electron chi connectivity index (χ4n) is 4.51. The Balaban J connectivity index is 1.50. The number of likely N-dealkylation sites (tertiary alicyclic amines) is 1. The van der Waals surface area contributed by atoms with Gasteiger partial charge in [0.05, 0.1) is 12.0 Å². The maximum Gasteiger partial charge on any atom is 0.416 e. The lowest BCUT2D eigenvalue weighted by Crippen LogP contribution is -2.46. The van der Waals surface area contributed by atoms with E-state index < -0.39 is 6.09 Å². The molecule has 26 heavy (non-hydrogen) atoms. The average molecular weight is 356 g/mol.